The summed E-state index contributed by atoms with van der Waals surface area (Å²) in [4.78, 5) is 26.4. The number of amides is 2. The first-order chi connectivity index (χ1) is 13.0. The van der Waals surface area contributed by atoms with E-state index in [0.717, 1.165) is 11.1 Å². The number of carbonyl (C=O) groups is 2. The van der Waals surface area contributed by atoms with E-state index in [4.69, 9.17) is 21.1 Å². The maximum atomic E-state index is 12.7. The van der Waals surface area contributed by atoms with Crippen LogP contribution < -0.4 is 9.47 Å². The van der Waals surface area contributed by atoms with Crippen LogP contribution in [0.5, 0.6) is 11.5 Å². The van der Waals surface area contributed by atoms with Gasteiger partial charge in [-0.15, -0.1) is 0 Å². The first kappa shape index (κ1) is 19.2. The van der Waals surface area contributed by atoms with Gasteiger partial charge in [0, 0.05) is 18.0 Å². The van der Waals surface area contributed by atoms with Crippen LogP contribution in [0.1, 0.15) is 17.5 Å². The maximum absolute atomic E-state index is 12.7. The molecule has 1 heterocycles. The second-order valence-electron chi connectivity index (χ2n) is 6.54. The minimum Gasteiger partial charge on any atom is -0.497 e. The van der Waals surface area contributed by atoms with E-state index in [2.05, 4.69) is 0 Å². The SMILES string of the molecule is COc1ccc(OC)c(CCN2C(=O)C[C@H](Cc3ccc(Cl)cc3)C2=O)c1. The van der Waals surface area contributed by atoms with Gasteiger partial charge < -0.3 is 9.47 Å². The molecule has 0 aromatic heterocycles. The molecule has 0 saturated carbocycles. The Labute approximate surface area is 163 Å². The molecule has 0 unspecified atom stereocenters. The van der Waals surface area contributed by atoms with Crippen molar-refractivity contribution in [1.29, 1.82) is 0 Å². The van der Waals surface area contributed by atoms with E-state index in [9.17, 15) is 9.59 Å². The molecule has 0 radical (unpaired) electrons. The van der Waals surface area contributed by atoms with Crippen molar-refractivity contribution in [1.82, 2.24) is 4.90 Å². The average molecular weight is 388 g/mol. The molecule has 2 aromatic rings. The summed E-state index contributed by atoms with van der Waals surface area (Å²) in [5, 5.41) is 0.654. The lowest BCUT2D eigenvalue weighted by molar-refractivity contribution is -0.139. The Balaban J connectivity index is 1.66. The molecule has 1 fully saturated rings. The van der Waals surface area contributed by atoms with Crippen LogP contribution in [0.25, 0.3) is 0 Å². The molecule has 5 nitrogen and oxygen atoms in total. The maximum Gasteiger partial charge on any atom is 0.233 e. The van der Waals surface area contributed by atoms with E-state index in [0.29, 0.717) is 35.9 Å². The molecule has 1 atom stereocenters. The fourth-order valence-corrected chi connectivity index (χ4v) is 3.49. The van der Waals surface area contributed by atoms with Gasteiger partial charge in [0.2, 0.25) is 11.8 Å². The summed E-state index contributed by atoms with van der Waals surface area (Å²) in [6.45, 7) is 0.332. The molecule has 2 amide bonds. The predicted octanol–water partition coefficient (Wildman–Crippen LogP) is 3.52. The lowest BCUT2D eigenvalue weighted by Crippen LogP contribution is -2.33. The minimum absolute atomic E-state index is 0.114. The van der Waals surface area contributed by atoms with Crippen molar-refractivity contribution < 1.29 is 19.1 Å². The van der Waals surface area contributed by atoms with Crippen LogP contribution in [0.15, 0.2) is 42.5 Å². The van der Waals surface area contributed by atoms with Crippen LogP contribution in [0.3, 0.4) is 0 Å². The van der Waals surface area contributed by atoms with Gasteiger partial charge in [-0.3, -0.25) is 14.5 Å². The molecule has 0 aliphatic carbocycles. The Morgan fingerprint density at radius 2 is 1.81 bits per heavy atom. The summed E-state index contributed by atoms with van der Waals surface area (Å²) in [6.07, 6.45) is 1.31. The normalized spacial score (nSPS) is 16.7. The zero-order chi connectivity index (χ0) is 19.4. The number of carbonyl (C=O) groups excluding carboxylic acids is 2. The van der Waals surface area contributed by atoms with Crippen molar-refractivity contribution in [3.63, 3.8) is 0 Å². The number of ether oxygens (including phenoxy) is 2. The number of halogens is 1. The zero-order valence-corrected chi connectivity index (χ0v) is 16.2. The summed E-state index contributed by atoms with van der Waals surface area (Å²) in [7, 11) is 3.19. The van der Waals surface area contributed by atoms with Crippen LogP contribution in [-0.2, 0) is 22.4 Å². The Morgan fingerprint density at radius 1 is 1.07 bits per heavy atom. The van der Waals surface area contributed by atoms with Crippen molar-refractivity contribution in [2.24, 2.45) is 5.92 Å². The van der Waals surface area contributed by atoms with Crippen molar-refractivity contribution in [2.75, 3.05) is 20.8 Å². The lowest BCUT2D eigenvalue weighted by Gasteiger charge is -2.17. The van der Waals surface area contributed by atoms with E-state index in [1.807, 2.05) is 30.3 Å². The van der Waals surface area contributed by atoms with Crippen molar-refractivity contribution in [3.05, 3.63) is 58.6 Å². The highest BCUT2D eigenvalue weighted by atomic mass is 35.5. The summed E-state index contributed by atoms with van der Waals surface area (Å²) in [5.41, 5.74) is 1.90. The van der Waals surface area contributed by atoms with Gasteiger partial charge in [0.1, 0.15) is 11.5 Å². The summed E-state index contributed by atoms with van der Waals surface area (Å²) < 4.78 is 10.6. The summed E-state index contributed by atoms with van der Waals surface area (Å²) in [6, 6.07) is 12.9. The van der Waals surface area contributed by atoms with E-state index in [1.165, 1.54) is 4.90 Å². The van der Waals surface area contributed by atoms with Crippen LogP contribution >= 0.6 is 11.6 Å². The van der Waals surface area contributed by atoms with Crippen LogP contribution in [0.4, 0.5) is 0 Å². The Bertz CT molecular complexity index is 835. The second-order valence-corrected chi connectivity index (χ2v) is 6.98. The van der Waals surface area contributed by atoms with Gasteiger partial charge in [-0.25, -0.2) is 0 Å². The number of nitrogens with zero attached hydrogens (tertiary/aromatic N) is 1. The van der Waals surface area contributed by atoms with E-state index in [1.54, 1.807) is 26.4 Å². The van der Waals surface area contributed by atoms with E-state index in [-0.39, 0.29) is 24.2 Å². The smallest absolute Gasteiger partial charge is 0.233 e. The van der Waals surface area contributed by atoms with Crippen LogP contribution in [-0.4, -0.2) is 37.5 Å². The third-order valence-electron chi connectivity index (χ3n) is 4.83. The highest BCUT2D eigenvalue weighted by Crippen LogP contribution is 2.27. The molecule has 6 heteroatoms. The molecule has 142 valence electrons. The van der Waals surface area contributed by atoms with Crippen molar-refractivity contribution in [3.8, 4) is 11.5 Å². The van der Waals surface area contributed by atoms with Crippen LogP contribution in [0.2, 0.25) is 5.02 Å². The number of imide groups is 1. The van der Waals surface area contributed by atoms with Crippen molar-refractivity contribution >= 4 is 23.4 Å². The van der Waals surface area contributed by atoms with E-state index < -0.39 is 0 Å². The third-order valence-corrected chi connectivity index (χ3v) is 5.08. The fourth-order valence-electron chi connectivity index (χ4n) is 3.36. The molecule has 0 bridgehead atoms. The van der Waals surface area contributed by atoms with Gasteiger partial charge >= 0.3 is 0 Å². The molecular formula is C21H22ClNO4. The lowest BCUT2D eigenvalue weighted by atomic mass is 9.98. The number of methoxy groups -OCH3 is 2. The highest BCUT2D eigenvalue weighted by molar-refractivity contribution is 6.30. The van der Waals surface area contributed by atoms with E-state index >= 15 is 0 Å². The number of hydrogen-bond donors (Lipinski definition) is 0. The Kier molecular flexibility index (Phi) is 6.01. The Hall–Kier alpha value is -2.53. The summed E-state index contributed by atoms with van der Waals surface area (Å²) >= 11 is 5.90. The van der Waals surface area contributed by atoms with Gasteiger partial charge in [0.05, 0.1) is 20.1 Å². The quantitative estimate of drug-likeness (QED) is 0.682. The molecule has 0 N–H and O–H groups in total. The summed E-state index contributed by atoms with van der Waals surface area (Å²) in [5.74, 6) is 0.876. The average Bonchev–Trinajstić information content (AvgIpc) is 2.94. The molecule has 27 heavy (non-hydrogen) atoms. The molecule has 0 spiro atoms. The number of likely N-dealkylation sites (tertiary alicyclic amines) is 1. The molecule has 1 aliphatic heterocycles. The Morgan fingerprint density at radius 3 is 2.48 bits per heavy atom. The van der Waals surface area contributed by atoms with Gasteiger partial charge in [0.25, 0.3) is 0 Å². The number of rotatable bonds is 7. The topological polar surface area (TPSA) is 55.8 Å². The minimum atomic E-state index is -0.314. The first-order valence-corrected chi connectivity index (χ1v) is 9.19. The second kappa shape index (κ2) is 8.44. The van der Waals surface area contributed by atoms with Crippen LogP contribution in [0, 0.1) is 5.92 Å². The predicted molar refractivity (Wildman–Crippen MR) is 103 cm³/mol. The van der Waals surface area contributed by atoms with Gasteiger partial charge in [-0.1, -0.05) is 23.7 Å². The van der Waals surface area contributed by atoms with Gasteiger partial charge in [-0.05, 0) is 54.3 Å². The fraction of sp³-hybridized carbons (Fsp3) is 0.333. The monoisotopic (exact) mass is 387 g/mol. The highest BCUT2D eigenvalue weighted by Gasteiger charge is 2.38. The first-order valence-electron chi connectivity index (χ1n) is 8.81. The number of hydrogen-bond acceptors (Lipinski definition) is 4. The molecule has 2 aromatic carbocycles. The zero-order valence-electron chi connectivity index (χ0n) is 15.4. The number of benzene rings is 2. The molecule has 1 saturated heterocycles. The standard InChI is InChI=1S/C21H22ClNO4/c1-26-18-7-8-19(27-2)15(12-18)9-10-23-20(24)13-16(21(23)25)11-14-3-5-17(22)6-4-14/h3-8,12,16H,9-11,13H2,1-2H3/t16-/m0/s1. The molecule has 1 aliphatic rings. The third kappa shape index (κ3) is 4.42. The largest absolute Gasteiger partial charge is 0.497 e. The van der Waals surface area contributed by atoms with Crippen molar-refractivity contribution in [2.45, 2.75) is 19.3 Å². The van der Waals surface area contributed by atoms with Gasteiger partial charge in [0.15, 0.2) is 0 Å². The molecular weight excluding hydrogens is 366 g/mol. The van der Waals surface area contributed by atoms with Gasteiger partial charge in [-0.2, -0.15) is 0 Å². The molecule has 3 rings (SSSR count).